The van der Waals surface area contributed by atoms with Crippen LogP contribution in [0.25, 0.3) is 5.69 Å². The Labute approximate surface area is 173 Å². The van der Waals surface area contributed by atoms with E-state index in [-0.39, 0.29) is 5.69 Å². The SMILES string of the molecule is CC(NC(=O)c1nnn(-c2ccc(F)cc2)c1C(F)(F)F)c1ccc2c(c1)OCCO2. The predicted molar refractivity (Wildman–Crippen MR) is 99.6 cm³/mol. The summed E-state index contributed by atoms with van der Waals surface area (Å²) in [5.41, 5.74) is -1.72. The largest absolute Gasteiger partial charge is 0.486 e. The van der Waals surface area contributed by atoms with Crippen molar-refractivity contribution in [3.63, 3.8) is 0 Å². The van der Waals surface area contributed by atoms with Crippen molar-refractivity contribution in [2.45, 2.75) is 19.1 Å². The number of carbonyl (C=O) groups excluding carboxylic acids is 1. The van der Waals surface area contributed by atoms with Gasteiger partial charge in [-0.3, -0.25) is 4.79 Å². The highest BCUT2D eigenvalue weighted by molar-refractivity contribution is 5.93. The van der Waals surface area contributed by atoms with Gasteiger partial charge < -0.3 is 14.8 Å². The van der Waals surface area contributed by atoms with Gasteiger partial charge in [0.15, 0.2) is 22.9 Å². The van der Waals surface area contributed by atoms with E-state index in [0.29, 0.717) is 35.0 Å². The first-order chi connectivity index (χ1) is 14.7. The van der Waals surface area contributed by atoms with Crippen LogP contribution in [0.2, 0.25) is 0 Å². The first-order valence-electron chi connectivity index (χ1n) is 9.23. The first kappa shape index (κ1) is 20.6. The number of hydrogen-bond donors (Lipinski definition) is 1. The van der Waals surface area contributed by atoms with E-state index in [9.17, 15) is 22.4 Å². The molecule has 0 saturated heterocycles. The number of carbonyl (C=O) groups is 1. The van der Waals surface area contributed by atoms with Crippen molar-refractivity contribution < 1.29 is 31.8 Å². The van der Waals surface area contributed by atoms with Crippen LogP contribution in [0, 0.1) is 5.82 Å². The molecule has 0 bridgehead atoms. The summed E-state index contributed by atoms with van der Waals surface area (Å²) in [6.45, 7) is 2.40. The van der Waals surface area contributed by atoms with Crippen LogP contribution in [0.4, 0.5) is 17.6 Å². The standard InChI is InChI=1S/C20H16F4N4O3/c1-11(12-2-7-15-16(10-12)31-9-8-30-15)25-19(29)17-18(20(22,23)24)28(27-26-17)14-5-3-13(21)4-6-14/h2-7,10-11H,8-9H2,1H3,(H,25,29). The number of fused-ring (bicyclic) bond motifs is 1. The molecular weight excluding hydrogens is 420 g/mol. The molecule has 0 radical (unpaired) electrons. The lowest BCUT2D eigenvalue weighted by atomic mass is 10.1. The minimum absolute atomic E-state index is 0.0832. The molecule has 1 aliphatic heterocycles. The van der Waals surface area contributed by atoms with E-state index < -0.39 is 35.3 Å². The molecule has 0 fully saturated rings. The average Bonchev–Trinajstić information content (AvgIpc) is 3.20. The van der Waals surface area contributed by atoms with Crippen LogP contribution in [0.15, 0.2) is 42.5 Å². The number of amides is 1. The lowest BCUT2D eigenvalue weighted by molar-refractivity contribution is -0.143. The molecular formula is C20H16F4N4O3. The quantitative estimate of drug-likeness (QED) is 0.632. The third kappa shape index (κ3) is 4.16. The number of nitrogens with zero attached hydrogens (tertiary/aromatic N) is 3. The summed E-state index contributed by atoms with van der Waals surface area (Å²) in [6, 6.07) is 8.54. The zero-order chi connectivity index (χ0) is 22.2. The number of alkyl halides is 3. The minimum atomic E-state index is -4.93. The Hall–Kier alpha value is -3.63. The molecule has 1 unspecified atom stereocenters. The van der Waals surface area contributed by atoms with Crippen molar-refractivity contribution in [1.82, 2.24) is 20.3 Å². The highest BCUT2D eigenvalue weighted by atomic mass is 19.4. The van der Waals surface area contributed by atoms with Gasteiger partial charge in [-0.25, -0.2) is 9.07 Å². The van der Waals surface area contributed by atoms with Crippen LogP contribution in [0.1, 0.15) is 34.7 Å². The molecule has 31 heavy (non-hydrogen) atoms. The number of ether oxygens (including phenoxy) is 2. The Balaban J connectivity index is 1.62. The second-order valence-electron chi connectivity index (χ2n) is 6.77. The maximum absolute atomic E-state index is 13.7. The third-order valence-corrected chi connectivity index (χ3v) is 4.64. The van der Waals surface area contributed by atoms with Crippen molar-refractivity contribution in [3.05, 3.63) is 65.2 Å². The third-order valence-electron chi connectivity index (χ3n) is 4.64. The van der Waals surface area contributed by atoms with E-state index in [1.165, 1.54) is 0 Å². The van der Waals surface area contributed by atoms with Crippen molar-refractivity contribution in [2.75, 3.05) is 13.2 Å². The molecule has 0 aliphatic carbocycles. The molecule has 2 aromatic carbocycles. The van der Waals surface area contributed by atoms with E-state index in [1.807, 2.05) is 0 Å². The Morgan fingerprint density at radius 3 is 2.45 bits per heavy atom. The molecule has 1 N–H and O–H groups in total. The fraction of sp³-hybridized carbons (Fsp3) is 0.250. The highest BCUT2D eigenvalue weighted by Crippen LogP contribution is 2.34. The summed E-state index contributed by atoms with van der Waals surface area (Å²) in [7, 11) is 0. The van der Waals surface area contributed by atoms with Gasteiger partial charge in [0.25, 0.3) is 5.91 Å². The van der Waals surface area contributed by atoms with Gasteiger partial charge in [0, 0.05) is 0 Å². The van der Waals surface area contributed by atoms with E-state index in [4.69, 9.17) is 9.47 Å². The molecule has 1 amide bonds. The molecule has 11 heteroatoms. The Morgan fingerprint density at radius 2 is 1.77 bits per heavy atom. The van der Waals surface area contributed by atoms with Crippen LogP contribution in [0.3, 0.4) is 0 Å². The molecule has 1 atom stereocenters. The lowest BCUT2D eigenvalue weighted by Crippen LogP contribution is -2.29. The van der Waals surface area contributed by atoms with Gasteiger partial charge in [0.05, 0.1) is 11.7 Å². The lowest BCUT2D eigenvalue weighted by Gasteiger charge is -2.21. The number of nitrogens with one attached hydrogen (secondary N) is 1. The average molecular weight is 436 g/mol. The first-order valence-corrected chi connectivity index (χ1v) is 9.23. The molecule has 162 valence electrons. The van der Waals surface area contributed by atoms with Crippen molar-refractivity contribution in [2.24, 2.45) is 0 Å². The molecule has 7 nitrogen and oxygen atoms in total. The summed E-state index contributed by atoms with van der Waals surface area (Å²) >= 11 is 0. The van der Waals surface area contributed by atoms with E-state index in [1.54, 1.807) is 25.1 Å². The predicted octanol–water partition coefficient (Wildman–Crippen LogP) is 3.69. The fourth-order valence-corrected chi connectivity index (χ4v) is 3.13. The summed E-state index contributed by atoms with van der Waals surface area (Å²) in [6.07, 6.45) is -4.93. The Morgan fingerprint density at radius 1 is 1.10 bits per heavy atom. The molecule has 2 heterocycles. The smallest absolute Gasteiger partial charge is 0.435 e. The molecule has 0 saturated carbocycles. The van der Waals surface area contributed by atoms with Crippen molar-refractivity contribution >= 4 is 5.91 Å². The minimum Gasteiger partial charge on any atom is -0.486 e. The second-order valence-corrected chi connectivity index (χ2v) is 6.77. The summed E-state index contributed by atoms with van der Waals surface area (Å²) in [5, 5.41) is 9.40. The van der Waals surface area contributed by atoms with E-state index in [0.717, 1.165) is 24.3 Å². The van der Waals surface area contributed by atoms with Gasteiger partial charge in [-0.2, -0.15) is 13.2 Å². The number of rotatable bonds is 4. The molecule has 1 aliphatic rings. The van der Waals surface area contributed by atoms with Crippen LogP contribution in [-0.2, 0) is 6.18 Å². The second kappa shape index (κ2) is 7.89. The van der Waals surface area contributed by atoms with Gasteiger partial charge >= 0.3 is 6.18 Å². The Kier molecular flexibility index (Phi) is 5.25. The number of hydrogen-bond acceptors (Lipinski definition) is 5. The van der Waals surface area contributed by atoms with Gasteiger partial charge in [-0.05, 0) is 48.9 Å². The number of halogens is 4. The van der Waals surface area contributed by atoms with Crippen LogP contribution >= 0.6 is 0 Å². The van der Waals surface area contributed by atoms with Gasteiger partial charge in [-0.1, -0.05) is 11.3 Å². The van der Waals surface area contributed by atoms with Crippen molar-refractivity contribution in [1.29, 1.82) is 0 Å². The summed E-state index contributed by atoms with van der Waals surface area (Å²) < 4.78 is 65.7. The van der Waals surface area contributed by atoms with Crippen LogP contribution in [-0.4, -0.2) is 34.1 Å². The summed E-state index contributed by atoms with van der Waals surface area (Å²) in [5.74, 6) is -0.634. The molecule has 0 spiro atoms. The number of benzene rings is 2. The van der Waals surface area contributed by atoms with E-state index >= 15 is 0 Å². The monoisotopic (exact) mass is 436 g/mol. The zero-order valence-corrected chi connectivity index (χ0v) is 16.1. The topological polar surface area (TPSA) is 78.3 Å². The van der Waals surface area contributed by atoms with Gasteiger partial charge in [0.2, 0.25) is 0 Å². The Bertz CT molecular complexity index is 1110. The maximum Gasteiger partial charge on any atom is 0.435 e. The van der Waals surface area contributed by atoms with Gasteiger partial charge in [0.1, 0.15) is 19.0 Å². The van der Waals surface area contributed by atoms with Gasteiger partial charge in [-0.15, -0.1) is 5.10 Å². The highest BCUT2D eigenvalue weighted by Gasteiger charge is 2.42. The normalized spacial score (nSPS) is 14.2. The zero-order valence-electron chi connectivity index (χ0n) is 16.1. The molecule has 3 aromatic rings. The molecule has 4 rings (SSSR count). The van der Waals surface area contributed by atoms with E-state index in [2.05, 4.69) is 15.6 Å². The molecule has 1 aromatic heterocycles. The van der Waals surface area contributed by atoms with Crippen LogP contribution < -0.4 is 14.8 Å². The summed E-state index contributed by atoms with van der Waals surface area (Å²) in [4.78, 5) is 12.6. The number of aromatic nitrogens is 3. The fourth-order valence-electron chi connectivity index (χ4n) is 3.13. The maximum atomic E-state index is 13.7. The van der Waals surface area contributed by atoms with Crippen LogP contribution in [0.5, 0.6) is 11.5 Å². The van der Waals surface area contributed by atoms with Crippen molar-refractivity contribution in [3.8, 4) is 17.2 Å².